The van der Waals surface area contributed by atoms with E-state index in [1.807, 2.05) is 0 Å². The standard InChI is InChI=1S/C7H13O/c1-3-4-5-6-7(2)8/h2-6H2,1H3. The molecule has 1 heteroatoms. The van der Waals surface area contributed by atoms with Gasteiger partial charge in [-0.25, -0.2) is 0 Å². The van der Waals surface area contributed by atoms with E-state index in [0.29, 0.717) is 6.42 Å². The lowest BCUT2D eigenvalue weighted by molar-refractivity contribution is -0.114. The van der Waals surface area contributed by atoms with Gasteiger partial charge in [-0.15, -0.1) is 0 Å². The first-order chi connectivity index (χ1) is 3.77. The van der Waals surface area contributed by atoms with Gasteiger partial charge >= 0.3 is 0 Å². The zero-order chi connectivity index (χ0) is 6.41. The molecule has 47 valence electrons. The molecule has 0 amide bonds. The van der Waals surface area contributed by atoms with Gasteiger partial charge in [0.15, 0.2) is 0 Å². The molecule has 0 heterocycles. The fraction of sp³-hybridized carbons (Fsp3) is 0.714. The van der Waals surface area contributed by atoms with E-state index in [2.05, 4.69) is 13.8 Å². The summed E-state index contributed by atoms with van der Waals surface area (Å²) >= 11 is 0. The second-order valence-electron chi connectivity index (χ2n) is 2.00. The second-order valence-corrected chi connectivity index (χ2v) is 2.00. The summed E-state index contributed by atoms with van der Waals surface area (Å²) < 4.78 is 0. The number of hydrogen-bond acceptors (Lipinski definition) is 1. The van der Waals surface area contributed by atoms with E-state index in [1.165, 1.54) is 6.42 Å². The topological polar surface area (TPSA) is 17.1 Å². The third-order valence-electron chi connectivity index (χ3n) is 1.06. The molecule has 0 unspecified atom stereocenters. The van der Waals surface area contributed by atoms with Crippen LogP contribution in [0.5, 0.6) is 0 Å². The molecule has 0 aliphatic rings. The quantitative estimate of drug-likeness (QED) is 0.509. The van der Waals surface area contributed by atoms with Crippen LogP contribution in [-0.4, -0.2) is 5.78 Å². The zero-order valence-corrected chi connectivity index (χ0v) is 5.44. The maximum absolute atomic E-state index is 10.2. The molecule has 8 heavy (non-hydrogen) atoms. The molecule has 0 fully saturated rings. The molecular formula is C7H13O. The Morgan fingerprint density at radius 2 is 2.12 bits per heavy atom. The molecule has 0 saturated carbocycles. The first kappa shape index (κ1) is 7.67. The molecule has 0 aliphatic heterocycles. The number of unbranched alkanes of at least 4 members (excludes halogenated alkanes) is 2. The fourth-order valence-electron chi connectivity index (χ4n) is 0.572. The minimum atomic E-state index is 0.0680. The molecule has 0 N–H and O–H groups in total. The molecule has 0 aromatic heterocycles. The number of hydrogen-bond donors (Lipinski definition) is 0. The van der Waals surface area contributed by atoms with E-state index >= 15 is 0 Å². The highest BCUT2D eigenvalue weighted by Gasteiger charge is 1.89. The molecular weight excluding hydrogens is 100 g/mol. The average molecular weight is 113 g/mol. The van der Waals surface area contributed by atoms with E-state index in [1.54, 1.807) is 0 Å². The van der Waals surface area contributed by atoms with Gasteiger partial charge < -0.3 is 0 Å². The Labute approximate surface area is 51.1 Å². The van der Waals surface area contributed by atoms with Crippen LogP contribution in [0.25, 0.3) is 0 Å². The van der Waals surface area contributed by atoms with Crippen molar-refractivity contribution in [1.29, 1.82) is 0 Å². The van der Waals surface area contributed by atoms with E-state index in [-0.39, 0.29) is 5.78 Å². The minimum Gasteiger partial charge on any atom is -0.300 e. The summed E-state index contributed by atoms with van der Waals surface area (Å²) in [5, 5.41) is 0. The Kier molecular flexibility index (Phi) is 4.62. The molecule has 0 saturated heterocycles. The van der Waals surface area contributed by atoms with Crippen molar-refractivity contribution in [1.82, 2.24) is 0 Å². The van der Waals surface area contributed by atoms with Gasteiger partial charge in [0.2, 0.25) is 0 Å². The average Bonchev–Trinajstić information content (AvgIpc) is 1.66. The van der Waals surface area contributed by atoms with Crippen molar-refractivity contribution in [2.45, 2.75) is 32.6 Å². The van der Waals surface area contributed by atoms with E-state index < -0.39 is 0 Å². The highest BCUT2D eigenvalue weighted by atomic mass is 16.1. The number of ketones is 1. The number of carbonyl (C=O) groups is 1. The van der Waals surface area contributed by atoms with E-state index in [4.69, 9.17) is 0 Å². The number of carbonyl (C=O) groups excluding carboxylic acids is 1. The Morgan fingerprint density at radius 3 is 2.50 bits per heavy atom. The van der Waals surface area contributed by atoms with E-state index in [0.717, 1.165) is 12.8 Å². The third-order valence-corrected chi connectivity index (χ3v) is 1.06. The van der Waals surface area contributed by atoms with Gasteiger partial charge in [0.1, 0.15) is 5.78 Å². The molecule has 0 rings (SSSR count). The van der Waals surface area contributed by atoms with Gasteiger partial charge in [-0.05, 0) is 6.42 Å². The Balaban J connectivity index is 2.82. The van der Waals surface area contributed by atoms with Crippen LogP contribution in [0.4, 0.5) is 0 Å². The highest BCUT2D eigenvalue weighted by Crippen LogP contribution is 1.97. The van der Waals surface area contributed by atoms with E-state index in [9.17, 15) is 4.79 Å². The van der Waals surface area contributed by atoms with Crippen molar-refractivity contribution in [3.8, 4) is 0 Å². The van der Waals surface area contributed by atoms with Gasteiger partial charge in [0, 0.05) is 13.3 Å². The molecule has 1 radical (unpaired) electrons. The first-order valence-electron chi connectivity index (χ1n) is 3.12. The normalized spacial score (nSPS) is 9.25. The lowest BCUT2D eigenvalue weighted by Crippen LogP contribution is -1.88. The van der Waals surface area contributed by atoms with Gasteiger partial charge in [-0.2, -0.15) is 0 Å². The lowest BCUT2D eigenvalue weighted by Gasteiger charge is -1.90. The van der Waals surface area contributed by atoms with Crippen LogP contribution >= 0.6 is 0 Å². The van der Waals surface area contributed by atoms with Gasteiger partial charge in [0.25, 0.3) is 0 Å². The van der Waals surface area contributed by atoms with Crippen molar-refractivity contribution in [2.75, 3.05) is 0 Å². The largest absolute Gasteiger partial charge is 0.300 e. The Hall–Kier alpha value is -0.330. The molecule has 0 aromatic rings. The van der Waals surface area contributed by atoms with Gasteiger partial charge in [-0.3, -0.25) is 4.79 Å². The zero-order valence-electron chi connectivity index (χ0n) is 5.44. The molecule has 0 atom stereocenters. The van der Waals surface area contributed by atoms with Crippen molar-refractivity contribution in [3.05, 3.63) is 6.92 Å². The van der Waals surface area contributed by atoms with Crippen molar-refractivity contribution < 1.29 is 4.79 Å². The van der Waals surface area contributed by atoms with Crippen LogP contribution in [0, 0.1) is 6.92 Å². The van der Waals surface area contributed by atoms with Crippen LogP contribution in [0.1, 0.15) is 32.6 Å². The molecule has 0 bridgehead atoms. The monoisotopic (exact) mass is 113 g/mol. The van der Waals surface area contributed by atoms with Gasteiger partial charge in [0.05, 0.1) is 0 Å². The minimum absolute atomic E-state index is 0.0680. The second kappa shape index (κ2) is 4.82. The van der Waals surface area contributed by atoms with Crippen LogP contribution in [0.2, 0.25) is 0 Å². The molecule has 0 aliphatic carbocycles. The summed E-state index contributed by atoms with van der Waals surface area (Å²) in [6.45, 7) is 5.39. The predicted octanol–water partition coefficient (Wildman–Crippen LogP) is 1.97. The summed E-state index contributed by atoms with van der Waals surface area (Å²) in [6, 6.07) is 0. The summed E-state index contributed by atoms with van der Waals surface area (Å²) in [6.07, 6.45) is 4.00. The van der Waals surface area contributed by atoms with Crippen LogP contribution < -0.4 is 0 Å². The van der Waals surface area contributed by atoms with Crippen molar-refractivity contribution in [2.24, 2.45) is 0 Å². The summed E-state index contributed by atoms with van der Waals surface area (Å²) in [4.78, 5) is 10.2. The summed E-state index contributed by atoms with van der Waals surface area (Å²) in [7, 11) is 0. The Morgan fingerprint density at radius 1 is 1.50 bits per heavy atom. The van der Waals surface area contributed by atoms with Crippen molar-refractivity contribution >= 4 is 5.78 Å². The molecule has 0 aromatic carbocycles. The predicted molar refractivity (Wildman–Crippen MR) is 34.5 cm³/mol. The highest BCUT2D eigenvalue weighted by molar-refractivity contribution is 5.82. The number of rotatable bonds is 4. The lowest BCUT2D eigenvalue weighted by atomic mass is 10.2. The Bertz CT molecular complexity index is 66.8. The first-order valence-corrected chi connectivity index (χ1v) is 3.12. The maximum atomic E-state index is 10.2. The summed E-state index contributed by atoms with van der Waals surface area (Å²) in [5.41, 5.74) is 0. The third kappa shape index (κ3) is 5.67. The molecule has 1 nitrogen and oxygen atoms in total. The van der Waals surface area contributed by atoms with Crippen LogP contribution in [0.15, 0.2) is 0 Å². The number of Topliss-reactive ketones (excluding diaryl/α,β-unsaturated/α-hetero) is 1. The maximum Gasteiger partial charge on any atom is 0.133 e. The fourth-order valence-corrected chi connectivity index (χ4v) is 0.572. The van der Waals surface area contributed by atoms with Gasteiger partial charge in [-0.1, -0.05) is 19.8 Å². The van der Waals surface area contributed by atoms with Crippen LogP contribution in [0.3, 0.4) is 0 Å². The SMILES string of the molecule is [CH2]C(=O)CCCCC. The summed E-state index contributed by atoms with van der Waals surface area (Å²) in [5.74, 6) is 0.0680. The smallest absolute Gasteiger partial charge is 0.133 e. The van der Waals surface area contributed by atoms with Crippen molar-refractivity contribution in [3.63, 3.8) is 0 Å². The molecule has 0 spiro atoms. The van der Waals surface area contributed by atoms with Crippen LogP contribution in [-0.2, 0) is 4.79 Å².